The topological polar surface area (TPSA) is 77.8 Å². The number of nitrogens with zero attached hydrogens (tertiary/aromatic N) is 4. The van der Waals surface area contributed by atoms with Gasteiger partial charge in [0.1, 0.15) is 22.8 Å². The molecular weight excluding hydrogens is 280 g/mol. The maximum absolute atomic E-state index is 4.93. The molecule has 0 aliphatic carbocycles. The smallest absolute Gasteiger partial charge is 0.113 e. The van der Waals surface area contributed by atoms with Gasteiger partial charge in [0.25, 0.3) is 0 Å². The highest BCUT2D eigenvalue weighted by molar-refractivity contribution is 5.19. The van der Waals surface area contributed by atoms with Crippen LogP contribution < -0.4 is 0 Å². The molecule has 1 unspecified atom stereocenters. The fourth-order valence-electron chi connectivity index (χ4n) is 2.73. The summed E-state index contributed by atoms with van der Waals surface area (Å²) in [6.07, 6.45) is 2.79. The van der Waals surface area contributed by atoms with Crippen LogP contribution in [0.3, 0.4) is 0 Å². The van der Waals surface area contributed by atoms with E-state index < -0.39 is 0 Å². The summed E-state index contributed by atoms with van der Waals surface area (Å²) in [4.78, 5) is 0. The Kier molecular flexibility index (Phi) is 4.98. The molecule has 0 aromatic carbocycles. The van der Waals surface area contributed by atoms with E-state index in [0.717, 1.165) is 42.0 Å². The van der Waals surface area contributed by atoms with Gasteiger partial charge in [-0.2, -0.15) is 0 Å². The van der Waals surface area contributed by atoms with Gasteiger partial charge in [0, 0.05) is 17.3 Å². The Bertz CT molecular complexity index is 601. The summed E-state index contributed by atoms with van der Waals surface area (Å²) in [5, 5.41) is 16.2. The van der Waals surface area contributed by atoms with Crippen molar-refractivity contribution in [2.75, 3.05) is 0 Å². The Morgan fingerprint density at radius 1 is 0.955 bits per heavy atom. The van der Waals surface area contributed by atoms with Crippen molar-refractivity contribution >= 4 is 0 Å². The molecule has 122 valence electrons. The third-order valence-corrected chi connectivity index (χ3v) is 4.29. The van der Waals surface area contributed by atoms with Gasteiger partial charge in [-0.25, -0.2) is 9.26 Å². The van der Waals surface area contributed by atoms with Crippen molar-refractivity contribution in [3.8, 4) is 0 Å². The molecule has 0 N–H and O–H groups in total. The van der Waals surface area contributed by atoms with Crippen LogP contribution in [0.5, 0.6) is 0 Å². The largest absolute Gasteiger partial charge is 0.244 e. The van der Waals surface area contributed by atoms with E-state index in [9.17, 15) is 0 Å². The summed E-state index contributed by atoms with van der Waals surface area (Å²) in [5.74, 6) is 0.621. The summed E-state index contributed by atoms with van der Waals surface area (Å²) in [7, 11) is 0. The lowest BCUT2D eigenvalue weighted by atomic mass is 9.80. The zero-order chi connectivity index (χ0) is 16.3. The van der Waals surface area contributed by atoms with Crippen LogP contribution in [0.1, 0.15) is 89.0 Å². The first-order valence-corrected chi connectivity index (χ1v) is 8.01. The van der Waals surface area contributed by atoms with Crippen LogP contribution in [-0.4, -0.2) is 20.6 Å². The minimum atomic E-state index is -0.0746. The van der Waals surface area contributed by atoms with Crippen molar-refractivity contribution in [3.05, 3.63) is 22.8 Å². The van der Waals surface area contributed by atoms with Gasteiger partial charge in [-0.1, -0.05) is 62.2 Å². The first-order chi connectivity index (χ1) is 10.4. The summed E-state index contributed by atoms with van der Waals surface area (Å²) < 4.78 is 9.85. The highest BCUT2D eigenvalue weighted by Gasteiger charge is 2.29. The van der Waals surface area contributed by atoms with Gasteiger partial charge in [0.2, 0.25) is 0 Å². The maximum Gasteiger partial charge on any atom is 0.113 e. The quantitative estimate of drug-likeness (QED) is 0.769. The van der Waals surface area contributed by atoms with E-state index in [1.807, 2.05) is 0 Å². The van der Waals surface area contributed by atoms with Crippen molar-refractivity contribution in [3.63, 3.8) is 0 Å². The zero-order valence-corrected chi connectivity index (χ0v) is 14.4. The van der Waals surface area contributed by atoms with E-state index in [2.05, 4.69) is 62.2 Å². The van der Waals surface area contributed by atoms with Gasteiger partial charge < -0.3 is 0 Å². The minimum absolute atomic E-state index is 0.0746. The lowest BCUT2D eigenvalue weighted by Gasteiger charge is -2.24. The van der Waals surface area contributed by atoms with E-state index in [0.29, 0.717) is 11.8 Å². The third-order valence-electron chi connectivity index (χ3n) is 4.29. The van der Waals surface area contributed by atoms with Gasteiger partial charge >= 0.3 is 0 Å². The fraction of sp³-hybridized carbons (Fsp3) is 0.750. The lowest BCUT2D eigenvalue weighted by Crippen LogP contribution is -2.20. The molecule has 22 heavy (non-hydrogen) atoms. The Hall–Kier alpha value is -1.72. The van der Waals surface area contributed by atoms with Crippen LogP contribution in [-0.2, 0) is 11.8 Å². The molecule has 0 aliphatic rings. The average Bonchev–Trinajstić information content (AvgIpc) is 3.13. The van der Waals surface area contributed by atoms with Gasteiger partial charge in [-0.05, 0) is 19.3 Å². The number of rotatable bonds is 7. The van der Waals surface area contributed by atoms with Gasteiger partial charge in [0.05, 0.1) is 0 Å². The van der Waals surface area contributed by atoms with Crippen LogP contribution in [0.25, 0.3) is 0 Å². The molecule has 2 aromatic rings. The van der Waals surface area contributed by atoms with Crippen LogP contribution >= 0.6 is 0 Å². The molecule has 0 fully saturated rings. The van der Waals surface area contributed by atoms with Crippen LogP contribution in [0, 0.1) is 0 Å². The van der Waals surface area contributed by atoms with Crippen LogP contribution in [0.15, 0.2) is 9.26 Å². The van der Waals surface area contributed by atoms with E-state index in [4.69, 9.17) is 9.26 Å². The summed E-state index contributed by atoms with van der Waals surface area (Å²) >= 11 is 0. The fourth-order valence-corrected chi connectivity index (χ4v) is 2.73. The second kappa shape index (κ2) is 6.58. The normalized spacial score (nSPS) is 13.8. The average molecular weight is 306 g/mol. The summed E-state index contributed by atoms with van der Waals surface area (Å²) in [6.45, 7) is 12.8. The van der Waals surface area contributed by atoms with Crippen molar-refractivity contribution in [1.82, 2.24) is 20.6 Å². The predicted octanol–water partition coefficient (Wildman–Crippen LogP) is 4.00. The molecule has 0 aliphatic heterocycles. The second-order valence-electron chi connectivity index (χ2n) is 6.93. The van der Waals surface area contributed by atoms with E-state index in [1.165, 1.54) is 0 Å². The van der Waals surface area contributed by atoms with Crippen LogP contribution in [0.4, 0.5) is 0 Å². The molecule has 6 nitrogen and oxygen atoms in total. The van der Waals surface area contributed by atoms with Gasteiger partial charge in [-0.3, -0.25) is 0 Å². The van der Waals surface area contributed by atoms with Gasteiger partial charge in [0.15, 0.2) is 0 Å². The number of hydrogen-bond donors (Lipinski definition) is 0. The molecule has 0 saturated heterocycles. The van der Waals surface area contributed by atoms with E-state index >= 15 is 0 Å². The maximum atomic E-state index is 4.93. The molecule has 2 rings (SSSR count). The molecule has 2 heterocycles. The Morgan fingerprint density at radius 3 is 2.23 bits per heavy atom. The van der Waals surface area contributed by atoms with Gasteiger partial charge in [-0.15, -0.1) is 0 Å². The first-order valence-electron chi connectivity index (χ1n) is 8.01. The van der Waals surface area contributed by atoms with E-state index in [-0.39, 0.29) is 5.41 Å². The summed E-state index contributed by atoms with van der Waals surface area (Å²) in [5.41, 5.74) is 3.77. The third kappa shape index (κ3) is 3.36. The SMILES string of the molecule is CCc1nonc1C(C)(C)CCC(C)c1nonc1C(C)C. The molecule has 0 bridgehead atoms. The Morgan fingerprint density at radius 2 is 1.59 bits per heavy atom. The number of aromatic nitrogens is 4. The highest BCUT2D eigenvalue weighted by Crippen LogP contribution is 2.34. The molecule has 0 amide bonds. The summed E-state index contributed by atoms with van der Waals surface area (Å²) in [6, 6.07) is 0. The molecule has 2 aromatic heterocycles. The Balaban J connectivity index is 2.07. The predicted molar refractivity (Wildman–Crippen MR) is 82.7 cm³/mol. The Labute approximate surface area is 131 Å². The molecular formula is C16H26N4O2. The van der Waals surface area contributed by atoms with Crippen molar-refractivity contribution in [2.45, 2.75) is 78.1 Å². The zero-order valence-electron chi connectivity index (χ0n) is 14.4. The van der Waals surface area contributed by atoms with Crippen LogP contribution in [0.2, 0.25) is 0 Å². The highest BCUT2D eigenvalue weighted by atomic mass is 16.6. The molecule has 0 saturated carbocycles. The van der Waals surface area contributed by atoms with Crippen molar-refractivity contribution in [1.29, 1.82) is 0 Å². The standard InChI is InChI=1S/C16H26N4O2/c1-7-12-15(20-21-17-12)16(5,6)9-8-11(4)14-13(10(2)3)18-22-19-14/h10-11H,7-9H2,1-6H3. The molecule has 0 spiro atoms. The molecule has 0 radical (unpaired) electrons. The monoisotopic (exact) mass is 306 g/mol. The second-order valence-corrected chi connectivity index (χ2v) is 6.93. The number of hydrogen-bond acceptors (Lipinski definition) is 6. The minimum Gasteiger partial charge on any atom is -0.244 e. The molecule has 6 heteroatoms. The van der Waals surface area contributed by atoms with Crippen molar-refractivity contribution < 1.29 is 9.26 Å². The van der Waals surface area contributed by atoms with Crippen molar-refractivity contribution in [2.24, 2.45) is 0 Å². The first kappa shape index (κ1) is 16.6. The van der Waals surface area contributed by atoms with E-state index in [1.54, 1.807) is 0 Å². The molecule has 1 atom stereocenters. The number of aryl methyl sites for hydroxylation is 1. The lowest BCUT2D eigenvalue weighted by molar-refractivity contribution is 0.288.